The Hall–Kier alpha value is -4.25. The lowest BCUT2D eigenvalue weighted by Crippen LogP contribution is -2.15. The molecule has 0 saturated carbocycles. The minimum atomic E-state index is -0.341. The minimum absolute atomic E-state index is 0.341. The van der Waals surface area contributed by atoms with Crippen molar-refractivity contribution in [1.29, 1.82) is 0 Å². The van der Waals surface area contributed by atoms with Crippen molar-refractivity contribution in [2.45, 2.75) is 20.3 Å². The molecule has 5 nitrogen and oxygen atoms in total. The number of aromatic amines is 1. The van der Waals surface area contributed by atoms with Crippen molar-refractivity contribution in [3.8, 4) is 11.5 Å². The second kappa shape index (κ2) is 10.6. The van der Waals surface area contributed by atoms with Crippen LogP contribution in [0.5, 0.6) is 11.5 Å². The number of allylic oxidation sites excluding steroid dienone is 1. The molecule has 0 amide bonds. The zero-order chi connectivity index (χ0) is 24.9. The summed E-state index contributed by atoms with van der Waals surface area (Å²) >= 11 is 0. The molecule has 1 aromatic heterocycles. The Morgan fingerprint density at radius 3 is 2.42 bits per heavy atom. The molecule has 0 fully saturated rings. The Morgan fingerprint density at radius 1 is 0.917 bits per heavy atom. The summed E-state index contributed by atoms with van der Waals surface area (Å²) in [4.78, 5) is 15.3. The van der Waals surface area contributed by atoms with Crippen LogP contribution in [0.3, 0.4) is 0 Å². The second-order valence-electron chi connectivity index (χ2n) is 8.54. The second-order valence-corrected chi connectivity index (χ2v) is 8.54. The number of fused-ring (bicyclic) bond motifs is 2. The van der Waals surface area contributed by atoms with Crippen LogP contribution in [0.2, 0.25) is 0 Å². The van der Waals surface area contributed by atoms with Gasteiger partial charge in [-0.3, -0.25) is 0 Å². The van der Waals surface area contributed by atoms with Gasteiger partial charge in [-0.25, -0.2) is 4.79 Å². The van der Waals surface area contributed by atoms with Gasteiger partial charge in [-0.05, 0) is 65.9 Å². The molecule has 182 valence electrons. The third-order valence-electron chi connectivity index (χ3n) is 6.24. The Balaban J connectivity index is 1.62. The largest absolute Gasteiger partial charge is 0.486 e. The van der Waals surface area contributed by atoms with E-state index in [0.717, 1.165) is 56.8 Å². The first kappa shape index (κ1) is 23.5. The molecule has 0 spiro atoms. The van der Waals surface area contributed by atoms with Crippen LogP contribution in [0.15, 0.2) is 78.9 Å². The van der Waals surface area contributed by atoms with Crippen molar-refractivity contribution in [1.82, 2.24) is 4.98 Å². The number of hydrogen-bond donors (Lipinski definition) is 1. The third kappa shape index (κ3) is 4.91. The van der Waals surface area contributed by atoms with Gasteiger partial charge in [0.25, 0.3) is 0 Å². The fourth-order valence-electron chi connectivity index (χ4n) is 4.57. The Kier molecular flexibility index (Phi) is 6.89. The maximum absolute atomic E-state index is 11.7. The number of H-pyrrole nitrogens is 1. The Morgan fingerprint density at radius 2 is 1.67 bits per heavy atom. The highest BCUT2D eigenvalue weighted by molar-refractivity contribution is 6.00. The van der Waals surface area contributed by atoms with Crippen molar-refractivity contribution in [3.63, 3.8) is 0 Å². The molecule has 1 N–H and O–H groups in total. The molecule has 4 aromatic rings. The quantitative estimate of drug-likeness (QED) is 0.178. The van der Waals surface area contributed by atoms with Crippen molar-refractivity contribution >= 4 is 34.1 Å². The molecule has 0 aliphatic carbocycles. The molecule has 0 unspecified atom stereocenters. The van der Waals surface area contributed by atoms with Gasteiger partial charge in [-0.2, -0.15) is 0 Å². The molecule has 1 aliphatic rings. The minimum Gasteiger partial charge on any atom is -0.486 e. The van der Waals surface area contributed by atoms with E-state index in [9.17, 15) is 4.79 Å². The van der Waals surface area contributed by atoms with E-state index in [2.05, 4.69) is 60.4 Å². The van der Waals surface area contributed by atoms with Crippen molar-refractivity contribution in [3.05, 3.63) is 101 Å². The van der Waals surface area contributed by atoms with Crippen LogP contribution in [-0.2, 0) is 9.53 Å². The van der Waals surface area contributed by atoms with Gasteiger partial charge in [0, 0.05) is 28.2 Å². The molecule has 36 heavy (non-hydrogen) atoms. The van der Waals surface area contributed by atoms with Gasteiger partial charge in [0.15, 0.2) is 11.5 Å². The number of esters is 1. The number of carbonyl (C=O) groups is 1. The van der Waals surface area contributed by atoms with Gasteiger partial charge in [-0.1, -0.05) is 55.5 Å². The predicted octanol–water partition coefficient (Wildman–Crippen LogP) is 6.88. The maximum Gasteiger partial charge on any atom is 0.330 e. The van der Waals surface area contributed by atoms with Crippen LogP contribution in [0.25, 0.3) is 28.1 Å². The number of hydrogen-bond acceptors (Lipinski definition) is 4. The summed E-state index contributed by atoms with van der Waals surface area (Å²) < 4.78 is 16.6. The SMILES string of the molecule is CCOC(=O)/C=C/c1ccc(/C(=C(/CC)c2ccc3c(c2)OCCO3)c2cc3ccccc3[nH]2)cc1. The topological polar surface area (TPSA) is 60.6 Å². The smallest absolute Gasteiger partial charge is 0.330 e. The van der Waals surface area contributed by atoms with Gasteiger partial charge in [0.1, 0.15) is 13.2 Å². The third-order valence-corrected chi connectivity index (χ3v) is 6.24. The van der Waals surface area contributed by atoms with Crippen molar-refractivity contribution in [2.24, 2.45) is 0 Å². The van der Waals surface area contributed by atoms with Crippen LogP contribution in [-0.4, -0.2) is 30.8 Å². The van der Waals surface area contributed by atoms with E-state index < -0.39 is 0 Å². The van der Waals surface area contributed by atoms with E-state index in [0.29, 0.717) is 19.8 Å². The van der Waals surface area contributed by atoms with Gasteiger partial charge in [0.2, 0.25) is 0 Å². The van der Waals surface area contributed by atoms with E-state index in [1.807, 2.05) is 24.3 Å². The van der Waals surface area contributed by atoms with Crippen LogP contribution in [0.4, 0.5) is 0 Å². The summed E-state index contributed by atoms with van der Waals surface area (Å²) in [6.45, 7) is 5.45. The predicted molar refractivity (Wildman–Crippen MR) is 144 cm³/mol. The lowest BCUT2D eigenvalue weighted by Gasteiger charge is -2.21. The van der Waals surface area contributed by atoms with Crippen molar-refractivity contribution < 1.29 is 19.0 Å². The van der Waals surface area contributed by atoms with Crippen LogP contribution < -0.4 is 9.47 Å². The van der Waals surface area contributed by atoms with Crippen LogP contribution >= 0.6 is 0 Å². The molecular formula is C31H29NO4. The number of aromatic nitrogens is 1. The summed E-state index contributed by atoms with van der Waals surface area (Å²) in [6, 6.07) is 24.9. The standard InChI is InChI=1S/C31H29NO4/c1-3-25(23-14-15-28-29(20-23)36-18-17-35-28)31(27-19-24-7-5-6-8-26(24)32-27)22-12-9-21(10-13-22)11-16-30(33)34-4-2/h5-16,19-20,32H,3-4,17-18H2,1-2H3/b16-11+,31-25+. The maximum atomic E-state index is 11.7. The number of rotatable bonds is 7. The van der Waals surface area contributed by atoms with Gasteiger partial charge < -0.3 is 19.2 Å². The molecule has 0 radical (unpaired) electrons. The number of para-hydroxylation sites is 1. The fourth-order valence-corrected chi connectivity index (χ4v) is 4.57. The molecule has 1 aliphatic heterocycles. The van der Waals surface area contributed by atoms with Crippen LogP contribution in [0.1, 0.15) is 42.7 Å². The normalized spacial score (nSPS) is 13.6. The molecule has 0 saturated heterocycles. The highest BCUT2D eigenvalue weighted by Crippen LogP contribution is 2.39. The van der Waals surface area contributed by atoms with E-state index in [1.165, 1.54) is 11.6 Å². The molecular weight excluding hydrogens is 450 g/mol. The molecule has 5 rings (SSSR count). The van der Waals surface area contributed by atoms with Gasteiger partial charge in [-0.15, -0.1) is 0 Å². The zero-order valence-electron chi connectivity index (χ0n) is 20.5. The highest BCUT2D eigenvalue weighted by atomic mass is 16.6. The van der Waals surface area contributed by atoms with Crippen molar-refractivity contribution in [2.75, 3.05) is 19.8 Å². The first-order chi connectivity index (χ1) is 17.7. The lowest BCUT2D eigenvalue weighted by atomic mass is 9.90. The fraction of sp³-hybridized carbons (Fsp3) is 0.194. The highest BCUT2D eigenvalue weighted by Gasteiger charge is 2.18. The number of nitrogens with one attached hydrogen (secondary N) is 1. The number of benzene rings is 3. The zero-order valence-corrected chi connectivity index (χ0v) is 20.5. The average Bonchev–Trinajstić information content (AvgIpc) is 3.34. The van der Waals surface area contributed by atoms with Crippen LogP contribution in [0, 0.1) is 0 Å². The van der Waals surface area contributed by atoms with E-state index in [-0.39, 0.29) is 5.97 Å². The van der Waals surface area contributed by atoms with Gasteiger partial charge >= 0.3 is 5.97 Å². The monoisotopic (exact) mass is 479 g/mol. The molecule has 3 aromatic carbocycles. The number of ether oxygens (including phenoxy) is 3. The Bertz CT molecular complexity index is 1410. The van der Waals surface area contributed by atoms with E-state index >= 15 is 0 Å². The summed E-state index contributed by atoms with van der Waals surface area (Å²) in [5, 5.41) is 1.16. The molecule has 5 heteroatoms. The average molecular weight is 480 g/mol. The summed E-state index contributed by atoms with van der Waals surface area (Å²) in [7, 11) is 0. The summed E-state index contributed by atoms with van der Waals surface area (Å²) in [6.07, 6.45) is 4.06. The van der Waals surface area contributed by atoms with Gasteiger partial charge in [0.05, 0.1) is 6.61 Å². The first-order valence-corrected chi connectivity index (χ1v) is 12.3. The lowest BCUT2D eigenvalue weighted by molar-refractivity contribution is -0.137. The molecule has 0 atom stereocenters. The summed E-state index contributed by atoms with van der Waals surface area (Å²) in [5.74, 6) is 1.22. The van der Waals surface area contributed by atoms with E-state index in [4.69, 9.17) is 14.2 Å². The molecule has 0 bridgehead atoms. The number of carbonyl (C=O) groups excluding carboxylic acids is 1. The Labute approximate surface area is 211 Å². The molecule has 2 heterocycles. The van der Waals surface area contributed by atoms with E-state index in [1.54, 1.807) is 13.0 Å². The summed E-state index contributed by atoms with van der Waals surface area (Å²) in [5.41, 5.74) is 7.59. The first-order valence-electron chi connectivity index (χ1n) is 12.3.